The van der Waals surface area contributed by atoms with E-state index in [0.717, 1.165) is 58.4 Å². The first kappa shape index (κ1) is 30.7. The fraction of sp³-hybridized carbons (Fsp3) is 0.382. The second kappa shape index (κ2) is 14.1. The van der Waals surface area contributed by atoms with Gasteiger partial charge in [0.2, 0.25) is 0 Å². The number of morpholine rings is 1. The molecule has 5 rings (SSSR count). The van der Waals surface area contributed by atoms with Gasteiger partial charge in [-0.15, -0.1) is 11.3 Å². The molecule has 2 aliphatic rings. The Labute approximate surface area is 257 Å². The number of hydrogen-bond donors (Lipinski definition) is 0. The van der Waals surface area contributed by atoms with E-state index in [1.54, 1.807) is 13.8 Å². The smallest absolute Gasteiger partial charge is 0.336 e. The zero-order chi connectivity index (χ0) is 30.3. The van der Waals surface area contributed by atoms with Crippen molar-refractivity contribution in [2.75, 3.05) is 52.6 Å². The van der Waals surface area contributed by atoms with E-state index in [2.05, 4.69) is 9.80 Å². The Morgan fingerprint density at radius 2 is 1.49 bits per heavy atom. The maximum atomic E-state index is 13.8. The minimum Gasteiger partial charge on any atom is -0.463 e. The highest BCUT2D eigenvalue weighted by atomic mass is 32.1. The van der Waals surface area contributed by atoms with Crippen LogP contribution in [-0.2, 0) is 23.8 Å². The van der Waals surface area contributed by atoms with Crippen LogP contribution in [0.1, 0.15) is 39.2 Å². The van der Waals surface area contributed by atoms with Crippen molar-refractivity contribution in [1.29, 1.82) is 0 Å². The highest BCUT2D eigenvalue weighted by Gasteiger charge is 2.41. The van der Waals surface area contributed by atoms with Gasteiger partial charge in [-0.25, -0.2) is 14.6 Å². The molecule has 3 aromatic rings. The molecule has 1 aromatic heterocycles. The Kier molecular flexibility index (Phi) is 10.1. The summed E-state index contributed by atoms with van der Waals surface area (Å²) in [7, 11) is 0. The quantitative estimate of drug-likeness (QED) is 0.267. The standard InChI is InChI=1S/C34H39N3O5S/c1-5-41-33(38)29-23(3)37(17-16-36-18-20-40-21-19-36)24(4)30(34(39)42-6-2)31(29)26-14-10-11-15-27(26)32-35-28(22-43-32)25-12-8-7-9-13-25/h7-15,22,31H,5-6,16-21H2,1-4H3. The highest BCUT2D eigenvalue weighted by molar-refractivity contribution is 7.13. The second-order valence-electron chi connectivity index (χ2n) is 10.5. The molecule has 9 heteroatoms. The average molecular weight is 602 g/mol. The molecule has 0 atom stereocenters. The van der Waals surface area contributed by atoms with Gasteiger partial charge in [0.1, 0.15) is 5.01 Å². The van der Waals surface area contributed by atoms with E-state index < -0.39 is 17.9 Å². The van der Waals surface area contributed by atoms with Crippen LogP contribution >= 0.6 is 11.3 Å². The van der Waals surface area contributed by atoms with Crippen LogP contribution in [0.5, 0.6) is 0 Å². The molecule has 0 radical (unpaired) electrons. The lowest BCUT2D eigenvalue weighted by molar-refractivity contribution is -0.139. The van der Waals surface area contributed by atoms with Crippen molar-refractivity contribution in [2.45, 2.75) is 33.6 Å². The van der Waals surface area contributed by atoms with E-state index in [1.807, 2.05) is 73.8 Å². The first-order valence-corrected chi connectivity index (χ1v) is 15.8. The number of carbonyl (C=O) groups is 2. The predicted molar refractivity (Wildman–Crippen MR) is 168 cm³/mol. The molecule has 0 saturated carbocycles. The number of hydrogen-bond acceptors (Lipinski definition) is 9. The summed E-state index contributed by atoms with van der Waals surface area (Å²) in [6.07, 6.45) is 0. The number of nitrogens with zero attached hydrogens (tertiary/aromatic N) is 3. The SMILES string of the molecule is CCOC(=O)C1=C(C)N(CCN2CCOCC2)C(C)=C(C(=O)OCC)C1c1ccccc1-c1nc(-c2ccccc2)cs1. The van der Waals surface area contributed by atoms with Crippen LogP contribution in [0, 0.1) is 0 Å². The van der Waals surface area contributed by atoms with E-state index in [0.29, 0.717) is 30.9 Å². The van der Waals surface area contributed by atoms with Crippen LogP contribution in [0.25, 0.3) is 21.8 Å². The first-order chi connectivity index (χ1) is 20.9. The third kappa shape index (κ3) is 6.59. The fourth-order valence-electron chi connectivity index (χ4n) is 5.85. The van der Waals surface area contributed by atoms with Crippen molar-refractivity contribution < 1.29 is 23.8 Å². The molecular formula is C34H39N3O5S. The molecule has 8 nitrogen and oxygen atoms in total. The lowest BCUT2D eigenvalue weighted by atomic mass is 9.78. The van der Waals surface area contributed by atoms with Crippen molar-refractivity contribution in [3.63, 3.8) is 0 Å². The Hall–Kier alpha value is -3.79. The maximum Gasteiger partial charge on any atom is 0.336 e. The summed E-state index contributed by atoms with van der Waals surface area (Å²) in [5.41, 5.74) is 6.04. The number of ether oxygens (including phenoxy) is 3. The summed E-state index contributed by atoms with van der Waals surface area (Å²) in [6.45, 7) is 12.4. The van der Waals surface area contributed by atoms with Crippen LogP contribution in [0.2, 0.25) is 0 Å². The van der Waals surface area contributed by atoms with Crippen LogP contribution < -0.4 is 0 Å². The number of allylic oxidation sites excluding steroid dienone is 2. The minimum absolute atomic E-state index is 0.224. The molecule has 43 heavy (non-hydrogen) atoms. The summed E-state index contributed by atoms with van der Waals surface area (Å²) >= 11 is 1.54. The summed E-state index contributed by atoms with van der Waals surface area (Å²) in [5, 5.41) is 2.85. The van der Waals surface area contributed by atoms with E-state index >= 15 is 0 Å². The lowest BCUT2D eigenvalue weighted by Gasteiger charge is -2.39. The van der Waals surface area contributed by atoms with Crippen molar-refractivity contribution in [3.8, 4) is 21.8 Å². The largest absolute Gasteiger partial charge is 0.463 e. The summed E-state index contributed by atoms with van der Waals surface area (Å²) in [6, 6.07) is 17.9. The van der Waals surface area contributed by atoms with E-state index in [1.165, 1.54) is 11.3 Å². The van der Waals surface area contributed by atoms with Gasteiger partial charge in [-0.2, -0.15) is 0 Å². The average Bonchev–Trinajstić information content (AvgIpc) is 3.52. The molecule has 3 heterocycles. The lowest BCUT2D eigenvalue weighted by Crippen LogP contribution is -2.43. The number of rotatable bonds is 10. The Morgan fingerprint density at radius 1 is 0.884 bits per heavy atom. The monoisotopic (exact) mass is 601 g/mol. The van der Waals surface area contributed by atoms with Crippen molar-refractivity contribution >= 4 is 23.3 Å². The van der Waals surface area contributed by atoms with Gasteiger partial charge in [0.05, 0.1) is 49.2 Å². The van der Waals surface area contributed by atoms with Crippen molar-refractivity contribution in [1.82, 2.24) is 14.8 Å². The Morgan fingerprint density at radius 3 is 2.12 bits per heavy atom. The first-order valence-electron chi connectivity index (χ1n) is 14.9. The molecule has 0 N–H and O–H groups in total. The van der Waals surface area contributed by atoms with Gasteiger partial charge in [-0.05, 0) is 33.3 Å². The summed E-state index contributed by atoms with van der Waals surface area (Å²) in [5.74, 6) is -1.55. The van der Waals surface area contributed by atoms with E-state index in [-0.39, 0.29) is 13.2 Å². The molecule has 0 amide bonds. The van der Waals surface area contributed by atoms with Crippen LogP contribution in [-0.4, -0.2) is 79.3 Å². The fourth-order valence-corrected chi connectivity index (χ4v) is 6.72. The second-order valence-corrected chi connectivity index (χ2v) is 11.3. The van der Waals surface area contributed by atoms with Gasteiger partial charge in [0.15, 0.2) is 0 Å². The molecule has 2 aromatic carbocycles. The number of aromatic nitrogens is 1. The van der Waals surface area contributed by atoms with Crippen LogP contribution in [0.4, 0.5) is 0 Å². The Bertz CT molecular complexity index is 1460. The van der Waals surface area contributed by atoms with Gasteiger partial charge >= 0.3 is 11.9 Å². The predicted octanol–water partition coefficient (Wildman–Crippen LogP) is 5.88. The van der Waals surface area contributed by atoms with Gasteiger partial charge < -0.3 is 19.1 Å². The minimum atomic E-state index is -0.682. The van der Waals surface area contributed by atoms with Crippen LogP contribution in [0.15, 0.2) is 82.5 Å². The molecule has 0 bridgehead atoms. The summed E-state index contributed by atoms with van der Waals surface area (Å²) in [4.78, 5) is 37.0. The molecule has 1 fully saturated rings. The number of carbonyl (C=O) groups excluding carboxylic acids is 2. The molecule has 0 aliphatic carbocycles. The van der Waals surface area contributed by atoms with E-state index in [9.17, 15) is 9.59 Å². The van der Waals surface area contributed by atoms with Gasteiger partial charge in [-0.1, -0.05) is 54.6 Å². The zero-order valence-electron chi connectivity index (χ0n) is 25.3. The molecular weight excluding hydrogens is 562 g/mol. The zero-order valence-corrected chi connectivity index (χ0v) is 26.1. The van der Waals surface area contributed by atoms with Crippen molar-refractivity contribution in [2.24, 2.45) is 0 Å². The van der Waals surface area contributed by atoms with Gasteiger partial charge in [0.25, 0.3) is 0 Å². The third-order valence-electron chi connectivity index (χ3n) is 7.98. The normalized spacial score (nSPS) is 16.5. The number of benzene rings is 2. The highest BCUT2D eigenvalue weighted by Crippen LogP contribution is 2.46. The van der Waals surface area contributed by atoms with Gasteiger partial charge in [-0.3, -0.25) is 4.90 Å². The molecule has 2 aliphatic heterocycles. The van der Waals surface area contributed by atoms with E-state index in [4.69, 9.17) is 19.2 Å². The van der Waals surface area contributed by atoms with Crippen LogP contribution in [0.3, 0.4) is 0 Å². The number of esters is 2. The molecule has 0 spiro atoms. The topological polar surface area (TPSA) is 81.2 Å². The molecule has 226 valence electrons. The maximum absolute atomic E-state index is 13.8. The third-order valence-corrected chi connectivity index (χ3v) is 8.85. The molecule has 1 saturated heterocycles. The van der Waals surface area contributed by atoms with Gasteiger partial charge in [0, 0.05) is 54.1 Å². The van der Waals surface area contributed by atoms with Crippen molar-refractivity contribution in [3.05, 3.63) is 88.1 Å². The summed E-state index contributed by atoms with van der Waals surface area (Å²) < 4.78 is 16.8. The Balaban J connectivity index is 1.63. The number of thiazole rings is 1. The molecule has 0 unspecified atom stereocenters.